The number of nitrogens with zero attached hydrogens (tertiary/aromatic N) is 4. The number of likely N-dealkylation sites (tertiary alicyclic amines) is 1. The molecule has 3 heterocycles. The van der Waals surface area contributed by atoms with Crippen molar-refractivity contribution in [1.29, 1.82) is 0 Å². The van der Waals surface area contributed by atoms with Crippen LogP contribution in [0.25, 0.3) is 11.1 Å². The molecule has 0 saturated carbocycles. The molecule has 166 valence electrons. The number of carbonyl (C=O) groups is 1. The largest absolute Gasteiger partial charge is 0.355 e. The zero-order chi connectivity index (χ0) is 21.5. The molecule has 0 aliphatic carbocycles. The lowest BCUT2D eigenvalue weighted by Gasteiger charge is -2.31. The Morgan fingerprint density at radius 2 is 1.71 bits per heavy atom. The van der Waals surface area contributed by atoms with Gasteiger partial charge in [0.1, 0.15) is 0 Å². The van der Waals surface area contributed by atoms with Gasteiger partial charge in [-0.2, -0.15) is 0 Å². The highest BCUT2D eigenvalue weighted by Crippen LogP contribution is 2.23. The fourth-order valence-electron chi connectivity index (χ4n) is 4.64. The van der Waals surface area contributed by atoms with Gasteiger partial charge in [0.2, 0.25) is 11.9 Å². The molecule has 2 aromatic rings. The van der Waals surface area contributed by atoms with Gasteiger partial charge >= 0.3 is 0 Å². The highest BCUT2D eigenvalue weighted by molar-refractivity contribution is 5.79. The van der Waals surface area contributed by atoms with Gasteiger partial charge in [0.15, 0.2) is 0 Å². The number of piperidine rings is 1. The molecule has 0 unspecified atom stereocenters. The number of hydrogen-bond donors (Lipinski definition) is 1. The molecule has 1 aromatic carbocycles. The Bertz CT molecular complexity index is 837. The minimum Gasteiger partial charge on any atom is -0.355 e. The predicted molar refractivity (Wildman–Crippen MR) is 125 cm³/mol. The summed E-state index contributed by atoms with van der Waals surface area (Å²) in [5.74, 6) is 1.08. The molecule has 31 heavy (non-hydrogen) atoms. The number of rotatable bonds is 6. The summed E-state index contributed by atoms with van der Waals surface area (Å²) < 4.78 is 0. The maximum atomic E-state index is 12.6. The van der Waals surface area contributed by atoms with E-state index in [2.05, 4.69) is 56.3 Å². The number of nitrogens with one attached hydrogen (secondary N) is 1. The first-order valence-electron chi connectivity index (χ1n) is 11.8. The normalized spacial score (nSPS) is 18.5. The van der Waals surface area contributed by atoms with Gasteiger partial charge in [-0.1, -0.05) is 42.7 Å². The van der Waals surface area contributed by atoms with E-state index < -0.39 is 0 Å². The summed E-state index contributed by atoms with van der Waals surface area (Å²) in [5, 5.41) is 3.17. The standard InChI is InChI=1S/C25H35N5O/c1-20-7-6-8-22(17-20)23-18-27-25(28-19-23)30-14-9-21(10-15-30)24(31)26-11-16-29-12-4-2-3-5-13-29/h6-8,17-19,21H,2-5,9-16H2,1H3,(H,26,31). The summed E-state index contributed by atoms with van der Waals surface area (Å²) >= 11 is 0. The molecule has 2 aliphatic heterocycles. The monoisotopic (exact) mass is 421 g/mol. The number of carbonyl (C=O) groups excluding carboxylic acids is 1. The number of benzene rings is 1. The van der Waals surface area contributed by atoms with Crippen LogP contribution in [0.5, 0.6) is 0 Å². The molecule has 0 atom stereocenters. The van der Waals surface area contributed by atoms with E-state index in [0.717, 1.165) is 56.1 Å². The van der Waals surface area contributed by atoms with E-state index in [1.165, 1.54) is 44.3 Å². The van der Waals surface area contributed by atoms with Crippen molar-refractivity contribution in [2.24, 2.45) is 5.92 Å². The van der Waals surface area contributed by atoms with Crippen LogP contribution in [-0.2, 0) is 4.79 Å². The van der Waals surface area contributed by atoms with Crippen LogP contribution in [0.2, 0.25) is 0 Å². The van der Waals surface area contributed by atoms with Gasteiger partial charge in [0, 0.05) is 50.1 Å². The smallest absolute Gasteiger partial charge is 0.225 e. The summed E-state index contributed by atoms with van der Waals surface area (Å²) in [6, 6.07) is 8.38. The molecule has 1 amide bonds. The Morgan fingerprint density at radius 3 is 2.39 bits per heavy atom. The van der Waals surface area contributed by atoms with Crippen molar-refractivity contribution in [1.82, 2.24) is 20.2 Å². The second kappa shape index (κ2) is 10.7. The number of aromatic nitrogens is 2. The summed E-state index contributed by atoms with van der Waals surface area (Å²) in [4.78, 5) is 26.5. The van der Waals surface area contributed by atoms with Crippen molar-refractivity contribution < 1.29 is 4.79 Å². The van der Waals surface area contributed by atoms with Gasteiger partial charge in [-0.25, -0.2) is 9.97 Å². The van der Waals surface area contributed by atoms with Gasteiger partial charge in [-0.05, 0) is 51.3 Å². The van der Waals surface area contributed by atoms with Gasteiger partial charge in [0.25, 0.3) is 0 Å². The van der Waals surface area contributed by atoms with Crippen molar-refractivity contribution in [2.45, 2.75) is 45.4 Å². The minimum absolute atomic E-state index is 0.104. The summed E-state index contributed by atoms with van der Waals surface area (Å²) in [6.07, 6.45) is 10.8. The molecular weight excluding hydrogens is 386 g/mol. The van der Waals surface area contributed by atoms with Gasteiger partial charge in [-0.3, -0.25) is 4.79 Å². The fourth-order valence-corrected chi connectivity index (χ4v) is 4.64. The average Bonchev–Trinajstić information content (AvgIpc) is 3.08. The van der Waals surface area contributed by atoms with Gasteiger partial charge < -0.3 is 15.1 Å². The molecular formula is C25H35N5O. The van der Waals surface area contributed by atoms with Gasteiger partial charge in [-0.15, -0.1) is 0 Å². The number of hydrogen-bond acceptors (Lipinski definition) is 5. The third kappa shape index (κ3) is 6.03. The zero-order valence-electron chi connectivity index (χ0n) is 18.7. The number of amides is 1. The van der Waals surface area contributed by atoms with E-state index >= 15 is 0 Å². The second-order valence-electron chi connectivity index (χ2n) is 8.95. The average molecular weight is 422 g/mol. The van der Waals surface area contributed by atoms with E-state index in [-0.39, 0.29) is 11.8 Å². The molecule has 2 fully saturated rings. The molecule has 1 N–H and O–H groups in total. The quantitative estimate of drug-likeness (QED) is 0.771. The molecule has 0 spiro atoms. The Kier molecular flexibility index (Phi) is 7.52. The molecule has 0 radical (unpaired) electrons. The third-order valence-corrected chi connectivity index (χ3v) is 6.56. The predicted octanol–water partition coefficient (Wildman–Crippen LogP) is 3.66. The molecule has 4 rings (SSSR count). The Morgan fingerprint density at radius 1 is 1.00 bits per heavy atom. The Labute approximate surface area is 186 Å². The number of anilines is 1. The van der Waals surface area contributed by atoms with E-state index in [9.17, 15) is 4.79 Å². The first kappa shape index (κ1) is 21.8. The maximum absolute atomic E-state index is 12.6. The third-order valence-electron chi connectivity index (χ3n) is 6.56. The molecule has 6 nitrogen and oxygen atoms in total. The van der Waals surface area contributed by atoms with E-state index in [4.69, 9.17) is 0 Å². The van der Waals surface area contributed by atoms with E-state index in [1.807, 2.05) is 12.4 Å². The molecule has 2 aliphatic rings. The van der Waals surface area contributed by atoms with Crippen molar-refractivity contribution in [3.8, 4) is 11.1 Å². The molecule has 0 bridgehead atoms. The van der Waals surface area contributed by atoms with E-state index in [0.29, 0.717) is 0 Å². The maximum Gasteiger partial charge on any atom is 0.225 e. The lowest BCUT2D eigenvalue weighted by atomic mass is 9.96. The molecule has 1 aromatic heterocycles. The number of aryl methyl sites for hydroxylation is 1. The van der Waals surface area contributed by atoms with Crippen molar-refractivity contribution in [3.05, 3.63) is 42.2 Å². The molecule has 6 heteroatoms. The van der Waals surface area contributed by atoms with Crippen LogP contribution < -0.4 is 10.2 Å². The van der Waals surface area contributed by atoms with Crippen LogP contribution in [-0.4, -0.2) is 60.0 Å². The summed E-state index contributed by atoms with van der Waals surface area (Å²) in [5.41, 5.74) is 3.40. The van der Waals surface area contributed by atoms with Crippen LogP contribution in [0.3, 0.4) is 0 Å². The fraction of sp³-hybridized carbons (Fsp3) is 0.560. The van der Waals surface area contributed by atoms with E-state index in [1.54, 1.807) is 0 Å². The SMILES string of the molecule is Cc1cccc(-c2cnc(N3CCC(C(=O)NCCN4CCCCCC4)CC3)nc2)c1. The summed E-state index contributed by atoms with van der Waals surface area (Å²) in [6.45, 7) is 7.85. The van der Waals surface area contributed by atoms with Crippen LogP contribution in [0, 0.1) is 12.8 Å². The lowest BCUT2D eigenvalue weighted by Crippen LogP contribution is -2.43. The Balaban J connectivity index is 1.22. The van der Waals surface area contributed by atoms with Crippen LogP contribution >= 0.6 is 0 Å². The molecule has 2 saturated heterocycles. The second-order valence-corrected chi connectivity index (χ2v) is 8.95. The van der Waals surface area contributed by atoms with Crippen LogP contribution in [0.15, 0.2) is 36.7 Å². The first-order chi connectivity index (χ1) is 15.2. The van der Waals surface area contributed by atoms with Crippen molar-refractivity contribution in [3.63, 3.8) is 0 Å². The highest BCUT2D eigenvalue weighted by atomic mass is 16.1. The van der Waals surface area contributed by atoms with Crippen LogP contribution in [0.1, 0.15) is 44.1 Å². The van der Waals surface area contributed by atoms with Crippen molar-refractivity contribution in [2.75, 3.05) is 44.2 Å². The summed E-state index contributed by atoms with van der Waals surface area (Å²) in [7, 11) is 0. The van der Waals surface area contributed by atoms with Crippen molar-refractivity contribution >= 4 is 11.9 Å². The van der Waals surface area contributed by atoms with Gasteiger partial charge in [0.05, 0.1) is 0 Å². The van der Waals surface area contributed by atoms with Crippen LogP contribution in [0.4, 0.5) is 5.95 Å². The minimum atomic E-state index is 0.104. The topological polar surface area (TPSA) is 61.4 Å². The zero-order valence-corrected chi connectivity index (χ0v) is 18.7. The Hall–Kier alpha value is -2.47. The lowest BCUT2D eigenvalue weighted by molar-refractivity contribution is -0.125. The highest BCUT2D eigenvalue weighted by Gasteiger charge is 2.26. The first-order valence-corrected chi connectivity index (χ1v) is 11.8.